The van der Waals surface area contributed by atoms with Gasteiger partial charge in [-0.3, -0.25) is 9.89 Å². The largest absolute Gasteiger partial charge is 0.379 e. The van der Waals surface area contributed by atoms with Gasteiger partial charge in [0.05, 0.1) is 25.8 Å². The van der Waals surface area contributed by atoms with Crippen LogP contribution in [0.2, 0.25) is 0 Å². The number of nitrogens with zero attached hydrogens (tertiary/aromatic N) is 3. The zero-order valence-corrected chi connectivity index (χ0v) is 16.6. The number of rotatable bonds is 5. The predicted octanol–water partition coefficient (Wildman–Crippen LogP) is 2.76. The molecule has 0 aromatic heterocycles. The molecule has 1 aromatic rings. The fourth-order valence-electron chi connectivity index (χ4n) is 3.89. The van der Waals surface area contributed by atoms with Crippen molar-refractivity contribution >= 4 is 5.96 Å². The maximum atomic E-state index is 5.56. The van der Waals surface area contributed by atoms with E-state index in [0.29, 0.717) is 11.5 Å². The van der Waals surface area contributed by atoms with Gasteiger partial charge in [-0.05, 0) is 24.3 Å². The van der Waals surface area contributed by atoms with Crippen LogP contribution in [-0.2, 0) is 4.74 Å². The first-order chi connectivity index (χ1) is 12.6. The van der Waals surface area contributed by atoms with Crippen molar-refractivity contribution in [3.63, 3.8) is 0 Å². The Labute approximate surface area is 158 Å². The Hall–Kier alpha value is -1.59. The van der Waals surface area contributed by atoms with Crippen molar-refractivity contribution in [2.24, 2.45) is 10.4 Å². The van der Waals surface area contributed by atoms with Gasteiger partial charge < -0.3 is 15.0 Å². The van der Waals surface area contributed by atoms with E-state index in [-0.39, 0.29) is 0 Å². The molecule has 0 aliphatic carbocycles. The van der Waals surface area contributed by atoms with Crippen LogP contribution in [0.3, 0.4) is 0 Å². The van der Waals surface area contributed by atoms with Gasteiger partial charge in [0, 0.05) is 32.7 Å². The van der Waals surface area contributed by atoms with Gasteiger partial charge in [-0.2, -0.15) is 0 Å². The summed E-state index contributed by atoms with van der Waals surface area (Å²) in [6.07, 6.45) is 1.23. The SMILES string of the molecule is CCNC(=NCC(c1ccccc1)N1CCOCC1)N1CCC(C)(C)C1. The molecule has 0 amide bonds. The summed E-state index contributed by atoms with van der Waals surface area (Å²) in [6, 6.07) is 11.1. The Bertz CT molecular complexity index is 581. The minimum absolute atomic E-state index is 0.310. The Kier molecular flexibility index (Phi) is 6.54. The van der Waals surface area contributed by atoms with E-state index in [9.17, 15) is 0 Å². The molecule has 0 saturated carbocycles. The molecule has 1 unspecified atom stereocenters. The first-order valence-electron chi connectivity index (χ1n) is 9.99. The lowest BCUT2D eigenvalue weighted by atomic mass is 9.93. The molecule has 2 aliphatic rings. The number of likely N-dealkylation sites (tertiary alicyclic amines) is 1. The maximum absolute atomic E-state index is 5.56. The average Bonchev–Trinajstić information content (AvgIpc) is 3.02. The van der Waals surface area contributed by atoms with Crippen LogP contribution in [0.1, 0.15) is 38.8 Å². The smallest absolute Gasteiger partial charge is 0.194 e. The number of aliphatic imine (C=N–C) groups is 1. The monoisotopic (exact) mass is 358 g/mol. The summed E-state index contributed by atoms with van der Waals surface area (Å²) in [7, 11) is 0. The van der Waals surface area contributed by atoms with Crippen LogP contribution in [0, 0.1) is 5.41 Å². The zero-order valence-electron chi connectivity index (χ0n) is 16.6. The number of hydrogen-bond acceptors (Lipinski definition) is 3. The molecule has 3 rings (SSSR count). The third-order valence-corrected chi connectivity index (χ3v) is 5.40. The predicted molar refractivity (Wildman–Crippen MR) is 108 cm³/mol. The Morgan fingerprint density at radius 1 is 1.19 bits per heavy atom. The number of guanidine groups is 1. The van der Waals surface area contributed by atoms with Crippen molar-refractivity contribution in [1.82, 2.24) is 15.1 Å². The third-order valence-electron chi connectivity index (χ3n) is 5.40. The normalized spacial score (nSPS) is 22.4. The summed E-state index contributed by atoms with van der Waals surface area (Å²) in [5.74, 6) is 1.06. The lowest BCUT2D eigenvalue weighted by Crippen LogP contribution is -2.43. The molecule has 5 nitrogen and oxygen atoms in total. The quantitative estimate of drug-likeness (QED) is 0.649. The molecule has 2 heterocycles. The van der Waals surface area contributed by atoms with E-state index in [1.165, 1.54) is 12.0 Å². The van der Waals surface area contributed by atoms with Crippen LogP contribution in [-0.4, -0.2) is 68.2 Å². The molecule has 0 radical (unpaired) electrons. The standard InChI is InChI=1S/C21H34N4O/c1-4-22-20(25-11-10-21(2,3)17-25)23-16-19(18-8-6-5-7-9-18)24-12-14-26-15-13-24/h5-9,19H,4,10-17H2,1-3H3,(H,22,23). The average molecular weight is 359 g/mol. The fourth-order valence-corrected chi connectivity index (χ4v) is 3.89. The van der Waals surface area contributed by atoms with Gasteiger partial charge in [0.1, 0.15) is 0 Å². The molecule has 0 spiro atoms. The van der Waals surface area contributed by atoms with Crippen LogP contribution in [0.5, 0.6) is 0 Å². The van der Waals surface area contributed by atoms with Crippen LogP contribution in [0.25, 0.3) is 0 Å². The number of nitrogens with one attached hydrogen (secondary N) is 1. The van der Waals surface area contributed by atoms with E-state index < -0.39 is 0 Å². The molecule has 0 bridgehead atoms. The molecule has 1 aromatic carbocycles. The van der Waals surface area contributed by atoms with E-state index in [1.807, 2.05) is 0 Å². The summed E-state index contributed by atoms with van der Waals surface area (Å²) >= 11 is 0. The number of benzene rings is 1. The van der Waals surface area contributed by atoms with Gasteiger partial charge in [-0.1, -0.05) is 44.2 Å². The van der Waals surface area contributed by atoms with Gasteiger partial charge >= 0.3 is 0 Å². The summed E-state index contributed by atoms with van der Waals surface area (Å²) in [5.41, 5.74) is 1.72. The van der Waals surface area contributed by atoms with Gasteiger partial charge in [-0.25, -0.2) is 0 Å². The second kappa shape index (κ2) is 8.87. The Morgan fingerprint density at radius 3 is 2.54 bits per heavy atom. The van der Waals surface area contributed by atoms with Crippen molar-refractivity contribution in [3.8, 4) is 0 Å². The topological polar surface area (TPSA) is 40.1 Å². The molecule has 2 fully saturated rings. The highest BCUT2D eigenvalue weighted by Crippen LogP contribution is 2.29. The van der Waals surface area contributed by atoms with E-state index in [2.05, 4.69) is 66.2 Å². The molecular formula is C21H34N4O. The molecule has 1 atom stereocenters. The Balaban J connectivity index is 1.76. The highest BCUT2D eigenvalue weighted by Gasteiger charge is 2.31. The highest BCUT2D eigenvalue weighted by atomic mass is 16.5. The van der Waals surface area contributed by atoms with E-state index in [4.69, 9.17) is 9.73 Å². The molecule has 26 heavy (non-hydrogen) atoms. The van der Waals surface area contributed by atoms with Crippen LogP contribution < -0.4 is 5.32 Å². The summed E-state index contributed by atoms with van der Waals surface area (Å²) in [6.45, 7) is 14.3. The Morgan fingerprint density at radius 2 is 1.92 bits per heavy atom. The maximum Gasteiger partial charge on any atom is 0.194 e. The van der Waals surface area contributed by atoms with E-state index in [1.54, 1.807) is 0 Å². The number of hydrogen-bond donors (Lipinski definition) is 1. The first-order valence-corrected chi connectivity index (χ1v) is 9.99. The van der Waals surface area contributed by atoms with Crippen LogP contribution in [0.4, 0.5) is 0 Å². The first kappa shape index (κ1) is 19.2. The lowest BCUT2D eigenvalue weighted by molar-refractivity contribution is 0.0179. The molecule has 144 valence electrons. The van der Waals surface area contributed by atoms with Crippen molar-refractivity contribution in [3.05, 3.63) is 35.9 Å². The number of ether oxygens (including phenoxy) is 1. The second-order valence-corrected chi connectivity index (χ2v) is 8.11. The minimum atomic E-state index is 0.310. The van der Waals surface area contributed by atoms with Gasteiger partial charge in [0.15, 0.2) is 5.96 Å². The van der Waals surface area contributed by atoms with Gasteiger partial charge in [0.25, 0.3) is 0 Å². The van der Waals surface area contributed by atoms with Crippen LogP contribution >= 0.6 is 0 Å². The van der Waals surface area contributed by atoms with Crippen molar-refractivity contribution in [1.29, 1.82) is 0 Å². The van der Waals surface area contributed by atoms with Crippen molar-refractivity contribution < 1.29 is 4.74 Å². The van der Waals surface area contributed by atoms with Crippen molar-refractivity contribution in [2.45, 2.75) is 33.2 Å². The van der Waals surface area contributed by atoms with E-state index in [0.717, 1.165) is 58.4 Å². The lowest BCUT2D eigenvalue weighted by Gasteiger charge is -2.34. The number of morpholine rings is 1. The summed E-state index contributed by atoms with van der Waals surface area (Å²) < 4.78 is 5.56. The zero-order chi connectivity index (χ0) is 18.4. The summed E-state index contributed by atoms with van der Waals surface area (Å²) in [5, 5.41) is 3.50. The van der Waals surface area contributed by atoms with E-state index >= 15 is 0 Å². The van der Waals surface area contributed by atoms with Crippen molar-refractivity contribution in [2.75, 3.05) is 52.5 Å². The molecule has 5 heteroatoms. The van der Waals surface area contributed by atoms with Crippen LogP contribution in [0.15, 0.2) is 35.3 Å². The minimum Gasteiger partial charge on any atom is -0.379 e. The summed E-state index contributed by atoms with van der Waals surface area (Å²) in [4.78, 5) is 10.00. The molecule has 2 saturated heterocycles. The molecule has 2 aliphatic heterocycles. The third kappa shape index (κ3) is 4.98. The highest BCUT2D eigenvalue weighted by molar-refractivity contribution is 5.80. The van der Waals surface area contributed by atoms with Gasteiger partial charge in [0.2, 0.25) is 0 Å². The second-order valence-electron chi connectivity index (χ2n) is 8.11. The molecule has 1 N–H and O–H groups in total. The molecular weight excluding hydrogens is 324 g/mol. The fraction of sp³-hybridized carbons (Fsp3) is 0.667. The van der Waals surface area contributed by atoms with Gasteiger partial charge in [-0.15, -0.1) is 0 Å².